The van der Waals surface area contributed by atoms with E-state index in [2.05, 4.69) is 23.2 Å². The van der Waals surface area contributed by atoms with Gasteiger partial charge in [0, 0.05) is 12.1 Å². The summed E-state index contributed by atoms with van der Waals surface area (Å²) in [6, 6.07) is 5.76. The fourth-order valence-corrected chi connectivity index (χ4v) is 2.09. The fraction of sp³-hybridized carbons (Fsp3) is 0.417. The number of nitriles is 1. The predicted molar refractivity (Wildman–Crippen MR) is 58.8 cm³/mol. The van der Waals surface area contributed by atoms with Gasteiger partial charge in [-0.25, -0.2) is 0 Å². The van der Waals surface area contributed by atoms with Gasteiger partial charge in [-0.05, 0) is 30.9 Å². The highest BCUT2D eigenvalue weighted by Gasteiger charge is 2.31. The van der Waals surface area contributed by atoms with Gasteiger partial charge >= 0.3 is 0 Å². The maximum absolute atomic E-state index is 8.88. The summed E-state index contributed by atoms with van der Waals surface area (Å²) >= 11 is 0. The van der Waals surface area contributed by atoms with Gasteiger partial charge in [-0.3, -0.25) is 4.40 Å². The van der Waals surface area contributed by atoms with Crippen LogP contribution in [0.25, 0.3) is 5.65 Å². The molecule has 0 aromatic carbocycles. The maximum Gasteiger partial charge on any atom is 0.160 e. The molecule has 2 aromatic heterocycles. The lowest BCUT2D eigenvalue weighted by Gasteiger charge is -2.07. The third-order valence-electron chi connectivity index (χ3n) is 3.29. The monoisotopic (exact) mass is 212 g/mol. The van der Waals surface area contributed by atoms with Crippen LogP contribution in [-0.2, 0) is 0 Å². The Morgan fingerprint density at radius 3 is 2.94 bits per heavy atom. The Kier molecular flexibility index (Phi) is 1.93. The molecule has 3 rings (SSSR count). The number of nitrogens with zero attached hydrogens (tertiary/aromatic N) is 4. The molecular formula is C12H12N4. The normalized spacial score (nSPS) is 17.2. The van der Waals surface area contributed by atoms with Gasteiger partial charge in [0.25, 0.3) is 0 Å². The molecule has 0 saturated heterocycles. The summed E-state index contributed by atoms with van der Waals surface area (Å²) in [4.78, 5) is 0. The second-order valence-electron chi connectivity index (χ2n) is 4.44. The summed E-state index contributed by atoms with van der Waals surface area (Å²) in [7, 11) is 0. The van der Waals surface area contributed by atoms with Crippen molar-refractivity contribution >= 4 is 5.65 Å². The Morgan fingerprint density at radius 1 is 1.44 bits per heavy atom. The highest BCUT2D eigenvalue weighted by Crippen LogP contribution is 2.41. The van der Waals surface area contributed by atoms with Gasteiger partial charge < -0.3 is 0 Å². The van der Waals surface area contributed by atoms with E-state index < -0.39 is 0 Å². The molecule has 0 bridgehead atoms. The first-order chi connectivity index (χ1) is 7.79. The lowest BCUT2D eigenvalue weighted by atomic mass is 10.1. The number of fused-ring (bicyclic) bond motifs is 1. The van der Waals surface area contributed by atoms with E-state index in [1.54, 1.807) is 6.07 Å². The van der Waals surface area contributed by atoms with Crippen LogP contribution in [0.1, 0.15) is 37.1 Å². The van der Waals surface area contributed by atoms with Crippen LogP contribution in [0.5, 0.6) is 0 Å². The van der Waals surface area contributed by atoms with E-state index in [1.165, 1.54) is 12.8 Å². The lowest BCUT2D eigenvalue weighted by Crippen LogP contribution is -2.02. The summed E-state index contributed by atoms with van der Waals surface area (Å²) in [5.74, 6) is 2.16. The third kappa shape index (κ3) is 1.36. The second-order valence-corrected chi connectivity index (χ2v) is 4.44. The molecule has 4 nitrogen and oxygen atoms in total. The molecule has 16 heavy (non-hydrogen) atoms. The molecule has 1 saturated carbocycles. The number of hydrogen-bond acceptors (Lipinski definition) is 3. The van der Waals surface area contributed by atoms with Crippen LogP contribution < -0.4 is 0 Å². The zero-order valence-corrected chi connectivity index (χ0v) is 9.09. The minimum atomic E-state index is 0.434. The van der Waals surface area contributed by atoms with Gasteiger partial charge in [0.1, 0.15) is 11.9 Å². The van der Waals surface area contributed by atoms with Crippen molar-refractivity contribution in [2.45, 2.75) is 25.7 Å². The Balaban J connectivity index is 2.13. The van der Waals surface area contributed by atoms with Crippen molar-refractivity contribution in [3.8, 4) is 6.07 Å². The van der Waals surface area contributed by atoms with E-state index in [4.69, 9.17) is 5.26 Å². The van der Waals surface area contributed by atoms with Crippen LogP contribution in [0.2, 0.25) is 0 Å². The molecule has 0 amide bonds. The highest BCUT2D eigenvalue weighted by atomic mass is 15.2. The first-order valence-corrected chi connectivity index (χ1v) is 5.54. The van der Waals surface area contributed by atoms with Crippen molar-refractivity contribution < 1.29 is 0 Å². The van der Waals surface area contributed by atoms with Crippen LogP contribution >= 0.6 is 0 Å². The van der Waals surface area contributed by atoms with Gasteiger partial charge in [-0.1, -0.05) is 6.92 Å². The minimum absolute atomic E-state index is 0.434. The Labute approximate surface area is 93.5 Å². The molecule has 1 aliphatic carbocycles. The Hall–Kier alpha value is -1.89. The summed E-state index contributed by atoms with van der Waals surface area (Å²) < 4.78 is 1.95. The van der Waals surface area contributed by atoms with E-state index >= 15 is 0 Å². The van der Waals surface area contributed by atoms with Crippen molar-refractivity contribution in [1.29, 1.82) is 5.26 Å². The number of hydrogen-bond donors (Lipinski definition) is 0. The first-order valence-electron chi connectivity index (χ1n) is 5.54. The van der Waals surface area contributed by atoms with Crippen molar-refractivity contribution in [3.05, 3.63) is 29.7 Å². The standard InChI is InChI=1S/C12H12N4/c1-8(10-3-4-10)12-15-14-11-5-2-9(6-13)7-16(11)12/h2,5,7-8,10H,3-4H2,1H3. The summed E-state index contributed by atoms with van der Waals surface area (Å²) in [6.07, 6.45) is 4.39. The van der Waals surface area contributed by atoms with Crippen molar-refractivity contribution in [2.75, 3.05) is 0 Å². The zero-order valence-electron chi connectivity index (χ0n) is 9.09. The molecule has 2 heterocycles. The first kappa shape index (κ1) is 9.34. The summed E-state index contributed by atoms with van der Waals surface area (Å²) in [5.41, 5.74) is 1.47. The van der Waals surface area contributed by atoms with Crippen LogP contribution in [0, 0.1) is 17.2 Å². The lowest BCUT2D eigenvalue weighted by molar-refractivity contribution is 0.613. The molecule has 0 N–H and O–H groups in total. The Morgan fingerprint density at radius 2 is 2.25 bits per heavy atom. The molecule has 1 fully saturated rings. The van der Waals surface area contributed by atoms with Crippen molar-refractivity contribution in [1.82, 2.24) is 14.6 Å². The van der Waals surface area contributed by atoms with Gasteiger partial charge in [0.05, 0.1) is 5.56 Å². The van der Waals surface area contributed by atoms with E-state index in [-0.39, 0.29) is 0 Å². The molecule has 2 aromatic rings. The van der Waals surface area contributed by atoms with E-state index in [0.717, 1.165) is 17.4 Å². The largest absolute Gasteiger partial charge is 0.285 e. The predicted octanol–water partition coefficient (Wildman–Crippen LogP) is 2.11. The molecule has 0 radical (unpaired) electrons. The quantitative estimate of drug-likeness (QED) is 0.766. The molecular weight excluding hydrogens is 200 g/mol. The Bertz CT molecular complexity index is 574. The topological polar surface area (TPSA) is 54.0 Å². The average molecular weight is 212 g/mol. The second kappa shape index (κ2) is 3.31. The minimum Gasteiger partial charge on any atom is -0.285 e. The number of pyridine rings is 1. The maximum atomic E-state index is 8.88. The van der Waals surface area contributed by atoms with Gasteiger partial charge in [-0.15, -0.1) is 10.2 Å². The molecule has 0 spiro atoms. The summed E-state index contributed by atoms with van der Waals surface area (Å²) in [5, 5.41) is 17.2. The van der Waals surface area contributed by atoms with Crippen LogP contribution in [-0.4, -0.2) is 14.6 Å². The fourth-order valence-electron chi connectivity index (χ4n) is 2.09. The smallest absolute Gasteiger partial charge is 0.160 e. The average Bonchev–Trinajstić information content (AvgIpc) is 3.08. The number of rotatable bonds is 2. The van der Waals surface area contributed by atoms with Crippen molar-refractivity contribution in [2.24, 2.45) is 5.92 Å². The molecule has 1 aliphatic rings. The SMILES string of the molecule is CC(c1nnc2ccc(C#N)cn12)C1CC1. The van der Waals surface area contributed by atoms with Gasteiger partial charge in [-0.2, -0.15) is 5.26 Å². The molecule has 80 valence electrons. The molecule has 0 aliphatic heterocycles. The number of aromatic nitrogens is 3. The van der Waals surface area contributed by atoms with E-state index in [0.29, 0.717) is 11.5 Å². The van der Waals surface area contributed by atoms with Gasteiger partial charge in [0.2, 0.25) is 0 Å². The summed E-state index contributed by atoms with van der Waals surface area (Å²) in [6.45, 7) is 2.19. The van der Waals surface area contributed by atoms with Crippen molar-refractivity contribution in [3.63, 3.8) is 0 Å². The zero-order chi connectivity index (χ0) is 11.1. The van der Waals surface area contributed by atoms with Gasteiger partial charge in [0.15, 0.2) is 5.65 Å². The molecule has 4 heteroatoms. The molecule has 1 atom stereocenters. The highest BCUT2D eigenvalue weighted by molar-refractivity contribution is 5.43. The van der Waals surface area contributed by atoms with Crippen LogP contribution in [0.15, 0.2) is 18.3 Å². The van der Waals surface area contributed by atoms with E-state index in [9.17, 15) is 0 Å². The van der Waals surface area contributed by atoms with Crippen LogP contribution in [0.4, 0.5) is 0 Å². The van der Waals surface area contributed by atoms with Crippen LogP contribution in [0.3, 0.4) is 0 Å². The molecule has 1 unspecified atom stereocenters. The third-order valence-corrected chi connectivity index (χ3v) is 3.29. The van der Waals surface area contributed by atoms with E-state index in [1.807, 2.05) is 16.7 Å².